The zero-order valence-corrected chi connectivity index (χ0v) is 11.8. The first-order valence-electron chi connectivity index (χ1n) is 6.22. The maximum atomic E-state index is 13.5. The van der Waals surface area contributed by atoms with Crippen molar-refractivity contribution in [2.24, 2.45) is 0 Å². The van der Waals surface area contributed by atoms with Crippen molar-refractivity contribution < 1.29 is 4.39 Å². The van der Waals surface area contributed by atoms with Gasteiger partial charge in [-0.2, -0.15) is 0 Å². The van der Waals surface area contributed by atoms with Gasteiger partial charge in [0.05, 0.1) is 0 Å². The molecular formula is C15H18FNS. The number of thiophene rings is 1. The lowest BCUT2D eigenvalue weighted by Gasteiger charge is -2.09. The summed E-state index contributed by atoms with van der Waals surface area (Å²) in [6.45, 7) is 7.03. The van der Waals surface area contributed by atoms with Gasteiger partial charge in [0.1, 0.15) is 5.82 Å². The standard InChI is InChI=1S/C15H18FNS/c1-4-17-11(3)14-8-9-15(18-14)12-6-5-7-13(16)10(12)2/h5-9,11,17H,4H2,1-3H3. The third kappa shape index (κ3) is 2.62. The van der Waals surface area contributed by atoms with Crippen LogP contribution in [0.3, 0.4) is 0 Å². The summed E-state index contributed by atoms with van der Waals surface area (Å²) in [5.41, 5.74) is 1.72. The molecule has 96 valence electrons. The predicted octanol–water partition coefficient (Wildman–Crippen LogP) is 4.53. The average molecular weight is 263 g/mol. The first kappa shape index (κ1) is 13.2. The number of hydrogen-bond donors (Lipinski definition) is 1. The highest BCUT2D eigenvalue weighted by atomic mass is 32.1. The van der Waals surface area contributed by atoms with Crippen LogP contribution in [0.2, 0.25) is 0 Å². The first-order chi connectivity index (χ1) is 8.63. The van der Waals surface area contributed by atoms with Crippen LogP contribution in [0.5, 0.6) is 0 Å². The zero-order chi connectivity index (χ0) is 13.1. The Morgan fingerprint density at radius 1 is 1.28 bits per heavy atom. The molecule has 0 bridgehead atoms. The number of hydrogen-bond acceptors (Lipinski definition) is 2. The van der Waals surface area contributed by atoms with Crippen LogP contribution in [0.25, 0.3) is 10.4 Å². The van der Waals surface area contributed by atoms with Crippen LogP contribution in [0.4, 0.5) is 4.39 Å². The Bertz CT molecular complexity index is 533. The first-order valence-corrected chi connectivity index (χ1v) is 7.03. The van der Waals surface area contributed by atoms with E-state index in [-0.39, 0.29) is 5.82 Å². The summed E-state index contributed by atoms with van der Waals surface area (Å²) in [7, 11) is 0. The third-order valence-electron chi connectivity index (χ3n) is 3.10. The molecule has 0 saturated heterocycles. The lowest BCUT2D eigenvalue weighted by Crippen LogP contribution is -2.16. The molecule has 0 aliphatic rings. The summed E-state index contributed by atoms with van der Waals surface area (Å²) in [6.07, 6.45) is 0. The Labute approximate surface area is 112 Å². The van der Waals surface area contributed by atoms with E-state index >= 15 is 0 Å². The van der Waals surface area contributed by atoms with Crippen LogP contribution in [-0.4, -0.2) is 6.54 Å². The van der Waals surface area contributed by atoms with E-state index in [1.54, 1.807) is 17.4 Å². The molecule has 1 atom stereocenters. The van der Waals surface area contributed by atoms with Gasteiger partial charge in [-0.25, -0.2) is 4.39 Å². The minimum Gasteiger partial charge on any atom is -0.310 e. The SMILES string of the molecule is CCNC(C)c1ccc(-c2cccc(F)c2C)s1. The van der Waals surface area contributed by atoms with Gasteiger partial charge >= 0.3 is 0 Å². The Kier molecular flexibility index (Phi) is 4.15. The van der Waals surface area contributed by atoms with Crippen LogP contribution in [0.1, 0.15) is 30.3 Å². The molecule has 3 heteroatoms. The highest BCUT2D eigenvalue weighted by Gasteiger charge is 2.11. The van der Waals surface area contributed by atoms with Gasteiger partial charge in [-0.1, -0.05) is 19.1 Å². The summed E-state index contributed by atoms with van der Waals surface area (Å²) in [5.74, 6) is -0.137. The van der Waals surface area contributed by atoms with Gasteiger partial charge in [-0.05, 0) is 49.7 Å². The number of halogens is 1. The van der Waals surface area contributed by atoms with Crippen molar-refractivity contribution >= 4 is 11.3 Å². The molecular weight excluding hydrogens is 245 g/mol. The van der Waals surface area contributed by atoms with Gasteiger partial charge in [-0.3, -0.25) is 0 Å². The molecule has 1 heterocycles. The Morgan fingerprint density at radius 2 is 2.06 bits per heavy atom. The summed E-state index contributed by atoms with van der Waals surface area (Å²) in [5, 5.41) is 3.39. The van der Waals surface area contributed by atoms with Gasteiger partial charge in [-0.15, -0.1) is 11.3 Å². The van der Waals surface area contributed by atoms with Gasteiger partial charge in [0.2, 0.25) is 0 Å². The van der Waals surface area contributed by atoms with E-state index in [2.05, 4.69) is 31.3 Å². The minimum atomic E-state index is -0.137. The van der Waals surface area contributed by atoms with Gasteiger partial charge in [0.15, 0.2) is 0 Å². The zero-order valence-electron chi connectivity index (χ0n) is 11.0. The number of benzene rings is 1. The predicted molar refractivity (Wildman–Crippen MR) is 76.5 cm³/mol. The monoisotopic (exact) mass is 263 g/mol. The average Bonchev–Trinajstić information content (AvgIpc) is 2.82. The molecule has 1 unspecified atom stereocenters. The molecule has 0 spiro atoms. The van der Waals surface area contributed by atoms with Crippen LogP contribution >= 0.6 is 11.3 Å². The molecule has 1 N–H and O–H groups in total. The van der Waals surface area contributed by atoms with Crippen LogP contribution < -0.4 is 5.32 Å². The van der Waals surface area contributed by atoms with Crippen molar-refractivity contribution in [1.29, 1.82) is 0 Å². The van der Waals surface area contributed by atoms with Crippen molar-refractivity contribution in [2.75, 3.05) is 6.54 Å². The quantitative estimate of drug-likeness (QED) is 0.854. The molecule has 2 rings (SSSR count). The maximum Gasteiger partial charge on any atom is 0.126 e. The fraction of sp³-hybridized carbons (Fsp3) is 0.333. The number of rotatable bonds is 4. The molecule has 0 amide bonds. The van der Waals surface area contributed by atoms with Gasteiger partial charge in [0.25, 0.3) is 0 Å². The van der Waals surface area contributed by atoms with E-state index < -0.39 is 0 Å². The molecule has 0 aliphatic carbocycles. The summed E-state index contributed by atoms with van der Waals surface area (Å²) in [6, 6.07) is 9.81. The van der Waals surface area contributed by atoms with E-state index in [9.17, 15) is 4.39 Å². The lowest BCUT2D eigenvalue weighted by atomic mass is 10.1. The Hall–Kier alpha value is -1.19. The molecule has 0 saturated carbocycles. The highest BCUT2D eigenvalue weighted by Crippen LogP contribution is 2.33. The van der Waals surface area contributed by atoms with Crippen molar-refractivity contribution in [2.45, 2.75) is 26.8 Å². The minimum absolute atomic E-state index is 0.137. The van der Waals surface area contributed by atoms with Crippen molar-refractivity contribution in [3.63, 3.8) is 0 Å². The second-order valence-corrected chi connectivity index (χ2v) is 5.51. The van der Waals surface area contributed by atoms with E-state index in [0.29, 0.717) is 6.04 Å². The largest absolute Gasteiger partial charge is 0.310 e. The van der Waals surface area contributed by atoms with E-state index in [1.807, 2.05) is 13.0 Å². The van der Waals surface area contributed by atoms with Gasteiger partial charge < -0.3 is 5.32 Å². The molecule has 1 aromatic heterocycles. The Balaban J connectivity index is 2.32. The third-order valence-corrected chi connectivity index (χ3v) is 4.40. The highest BCUT2D eigenvalue weighted by molar-refractivity contribution is 7.15. The molecule has 1 aromatic carbocycles. The maximum absolute atomic E-state index is 13.5. The van der Waals surface area contributed by atoms with E-state index in [4.69, 9.17) is 0 Å². The molecule has 1 nitrogen and oxygen atoms in total. The van der Waals surface area contributed by atoms with Crippen molar-refractivity contribution in [3.05, 3.63) is 46.6 Å². The molecule has 0 aliphatic heterocycles. The summed E-state index contributed by atoms with van der Waals surface area (Å²) >= 11 is 1.73. The molecule has 2 aromatic rings. The summed E-state index contributed by atoms with van der Waals surface area (Å²) in [4.78, 5) is 2.42. The molecule has 18 heavy (non-hydrogen) atoms. The van der Waals surface area contributed by atoms with Gasteiger partial charge in [0, 0.05) is 15.8 Å². The fourth-order valence-electron chi connectivity index (χ4n) is 2.01. The van der Waals surface area contributed by atoms with Crippen LogP contribution in [0, 0.1) is 12.7 Å². The van der Waals surface area contributed by atoms with Crippen LogP contribution in [-0.2, 0) is 0 Å². The fourth-order valence-corrected chi connectivity index (χ4v) is 3.13. The lowest BCUT2D eigenvalue weighted by molar-refractivity contribution is 0.607. The topological polar surface area (TPSA) is 12.0 Å². The second kappa shape index (κ2) is 5.63. The second-order valence-electron chi connectivity index (χ2n) is 4.39. The smallest absolute Gasteiger partial charge is 0.126 e. The van der Waals surface area contributed by atoms with Crippen LogP contribution in [0.15, 0.2) is 30.3 Å². The van der Waals surface area contributed by atoms with Crippen molar-refractivity contribution in [1.82, 2.24) is 5.32 Å². The summed E-state index contributed by atoms with van der Waals surface area (Å²) < 4.78 is 13.5. The Morgan fingerprint density at radius 3 is 2.78 bits per heavy atom. The van der Waals surface area contributed by atoms with E-state index in [0.717, 1.165) is 22.5 Å². The van der Waals surface area contributed by atoms with E-state index in [1.165, 1.54) is 10.9 Å². The number of nitrogens with one attached hydrogen (secondary N) is 1. The normalized spacial score (nSPS) is 12.7. The molecule has 0 fully saturated rings. The van der Waals surface area contributed by atoms with Crippen molar-refractivity contribution in [3.8, 4) is 10.4 Å². The molecule has 0 radical (unpaired) electrons.